The van der Waals surface area contributed by atoms with Gasteiger partial charge >= 0.3 is 0 Å². The lowest BCUT2D eigenvalue weighted by Gasteiger charge is -2.31. The third-order valence-corrected chi connectivity index (χ3v) is 3.77. The Balaban J connectivity index is 1.92. The zero-order valence-corrected chi connectivity index (χ0v) is 14.3. The average Bonchev–Trinajstić information content (AvgIpc) is 2.86. The fraction of sp³-hybridized carbons (Fsp3) is 0.688. The Kier molecular flexibility index (Phi) is 5.76. The molecule has 2 heterocycles. The van der Waals surface area contributed by atoms with E-state index in [9.17, 15) is 9.59 Å². The van der Waals surface area contributed by atoms with Crippen molar-refractivity contribution in [3.8, 4) is 0 Å². The van der Waals surface area contributed by atoms with Gasteiger partial charge in [0.2, 0.25) is 11.8 Å². The lowest BCUT2D eigenvalue weighted by molar-refractivity contribution is -0.126. The molecule has 0 unspecified atom stereocenters. The summed E-state index contributed by atoms with van der Waals surface area (Å²) in [4.78, 5) is 26.1. The van der Waals surface area contributed by atoms with Crippen molar-refractivity contribution >= 4 is 17.6 Å². The molecule has 2 rings (SSSR count). The topological polar surface area (TPSA) is 76.5 Å². The minimum atomic E-state index is -0.552. The van der Waals surface area contributed by atoms with Crippen molar-refractivity contribution in [3.63, 3.8) is 0 Å². The predicted octanol–water partition coefficient (Wildman–Crippen LogP) is 1.25. The molecule has 1 aromatic heterocycles. The first-order valence-electron chi connectivity index (χ1n) is 8.16. The maximum atomic E-state index is 12.3. The second-order valence-corrected chi connectivity index (χ2v) is 6.12. The second-order valence-electron chi connectivity index (χ2n) is 6.12. The number of aromatic nitrogens is 2. The first kappa shape index (κ1) is 17.5. The molecule has 0 aliphatic carbocycles. The van der Waals surface area contributed by atoms with Gasteiger partial charge in [-0.05, 0) is 34.1 Å². The summed E-state index contributed by atoms with van der Waals surface area (Å²) < 4.78 is 7.23. The highest BCUT2D eigenvalue weighted by Gasteiger charge is 2.32. The van der Waals surface area contributed by atoms with Crippen LogP contribution in [0.25, 0.3) is 0 Å². The summed E-state index contributed by atoms with van der Waals surface area (Å²) in [7, 11) is 0. The molecular weight excluding hydrogens is 296 g/mol. The van der Waals surface area contributed by atoms with Crippen molar-refractivity contribution in [2.45, 2.75) is 59.2 Å². The molecule has 2 amide bonds. The number of nitrogens with zero attached hydrogens (tertiary/aromatic N) is 3. The van der Waals surface area contributed by atoms with Crippen molar-refractivity contribution in [2.75, 3.05) is 18.1 Å². The molecule has 0 saturated carbocycles. The lowest BCUT2D eigenvalue weighted by Crippen LogP contribution is -2.51. The smallest absolute Gasteiger partial charge is 0.242 e. The Morgan fingerprint density at radius 1 is 1.43 bits per heavy atom. The molecule has 128 valence electrons. The highest BCUT2D eigenvalue weighted by atomic mass is 16.5. The third-order valence-electron chi connectivity index (χ3n) is 3.77. The van der Waals surface area contributed by atoms with Crippen LogP contribution in [-0.2, 0) is 20.9 Å². The van der Waals surface area contributed by atoms with E-state index < -0.39 is 6.04 Å². The highest BCUT2D eigenvalue weighted by Crippen LogP contribution is 2.24. The number of hydrogen-bond donors (Lipinski definition) is 1. The molecule has 1 atom stereocenters. The number of rotatable bonds is 7. The molecule has 7 nitrogen and oxygen atoms in total. The molecule has 1 aromatic rings. The van der Waals surface area contributed by atoms with Crippen LogP contribution in [0.2, 0.25) is 0 Å². The monoisotopic (exact) mass is 322 g/mol. The number of nitrogens with one attached hydrogen (secondary N) is 1. The number of carbonyl (C=O) groups is 2. The van der Waals surface area contributed by atoms with E-state index in [2.05, 4.69) is 10.4 Å². The number of anilines is 1. The minimum absolute atomic E-state index is 0.0387. The summed E-state index contributed by atoms with van der Waals surface area (Å²) in [6.45, 7) is 9.31. The van der Waals surface area contributed by atoms with Crippen LogP contribution in [0.5, 0.6) is 0 Å². The maximum absolute atomic E-state index is 12.3. The summed E-state index contributed by atoms with van der Waals surface area (Å²) in [5.41, 5.74) is 0.846. The van der Waals surface area contributed by atoms with Crippen LogP contribution in [0.4, 0.5) is 5.82 Å². The van der Waals surface area contributed by atoms with Gasteiger partial charge in [-0.25, -0.2) is 4.68 Å². The molecule has 0 saturated heterocycles. The molecule has 0 spiro atoms. The van der Waals surface area contributed by atoms with Gasteiger partial charge in [-0.3, -0.25) is 14.5 Å². The van der Waals surface area contributed by atoms with E-state index in [1.54, 1.807) is 16.5 Å². The van der Waals surface area contributed by atoms with Gasteiger partial charge in [-0.15, -0.1) is 0 Å². The summed E-state index contributed by atoms with van der Waals surface area (Å²) >= 11 is 0. The number of ether oxygens (including phenoxy) is 1. The SMILES string of the molecule is Cc1cc2n(n1)CCC(=O)N2[C@@H](C)C(=O)NCCCOC(C)C. The Labute approximate surface area is 137 Å². The van der Waals surface area contributed by atoms with Gasteiger partial charge in [-0.1, -0.05) is 0 Å². The minimum Gasteiger partial charge on any atom is -0.379 e. The van der Waals surface area contributed by atoms with E-state index in [4.69, 9.17) is 4.74 Å². The Morgan fingerprint density at radius 2 is 2.17 bits per heavy atom. The molecule has 1 aliphatic rings. The summed E-state index contributed by atoms with van der Waals surface area (Å²) in [5, 5.41) is 7.22. The van der Waals surface area contributed by atoms with Crippen LogP contribution < -0.4 is 10.2 Å². The Bertz CT molecular complexity index is 568. The zero-order chi connectivity index (χ0) is 17.0. The fourth-order valence-electron chi connectivity index (χ4n) is 2.62. The van der Waals surface area contributed by atoms with Crippen molar-refractivity contribution in [2.24, 2.45) is 0 Å². The van der Waals surface area contributed by atoms with Gasteiger partial charge in [0.1, 0.15) is 11.9 Å². The van der Waals surface area contributed by atoms with Crippen LogP contribution in [-0.4, -0.2) is 46.9 Å². The molecule has 0 aromatic carbocycles. The number of hydrogen-bond acceptors (Lipinski definition) is 4. The van der Waals surface area contributed by atoms with Gasteiger partial charge in [0, 0.05) is 25.6 Å². The van der Waals surface area contributed by atoms with Crippen molar-refractivity contribution in [3.05, 3.63) is 11.8 Å². The van der Waals surface area contributed by atoms with E-state index in [0.717, 1.165) is 12.1 Å². The molecule has 1 N–H and O–H groups in total. The summed E-state index contributed by atoms with van der Waals surface area (Å²) in [5.74, 6) is 0.503. The van der Waals surface area contributed by atoms with Crippen LogP contribution in [0.1, 0.15) is 39.3 Å². The van der Waals surface area contributed by atoms with E-state index in [1.165, 1.54) is 0 Å². The predicted molar refractivity (Wildman–Crippen MR) is 87.2 cm³/mol. The largest absolute Gasteiger partial charge is 0.379 e. The standard InChI is InChI=1S/C16H26N4O3/c1-11(2)23-9-5-7-17-16(22)13(4)20-14-10-12(3)18-19(14)8-6-15(20)21/h10-11,13H,5-9H2,1-4H3,(H,17,22)/t13-/m0/s1. The second kappa shape index (κ2) is 7.59. The third kappa shape index (κ3) is 4.31. The van der Waals surface area contributed by atoms with Crippen LogP contribution >= 0.6 is 0 Å². The quantitative estimate of drug-likeness (QED) is 0.767. The first-order chi connectivity index (χ1) is 10.9. The zero-order valence-electron chi connectivity index (χ0n) is 14.3. The van der Waals surface area contributed by atoms with E-state index in [0.29, 0.717) is 31.9 Å². The fourth-order valence-corrected chi connectivity index (χ4v) is 2.62. The molecule has 0 radical (unpaired) electrons. The highest BCUT2D eigenvalue weighted by molar-refractivity contribution is 6.00. The lowest BCUT2D eigenvalue weighted by atomic mass is 10.2. The van der Waals surface area contributed by atoms with Crippen LogP contribution in [0.15, 0.2) is 6.07 Å². The van der Waals surface area contributed by atoms with Gasteiger partial charge < -0.3 is 10.1 Å². The summed E-state index contributed by atoms with van der Waals surface area (Å²) in [6.07, 6.45) is 1.31. The van der Waals surface area contributed by atoms with Gasteiger partial charge in [0.05, 0.1) is 18.3 Å². The van der Waals surface area contributed by atoms with Crippen LogP contribution in [0.3, 0.4) is 0 Å². The maximum Gasteiger partial charge on any atom is 0.242 e. The molecule has 0 bridgehead atoms. The van der Waals surface area contributed by atoms with Gasteiger partial charge in [0.15, 0.2) is 0 Å². The van der Waals surface area contributed by atoms with E-state index in [-0.39, 0.29) is 17.9 Å². The molecule has 1 aliphatic heterocycles. The normalized spacial score (nSPS) is 15.7. The van der Waals surface area contributed by atoms with Gasteiger partial charge in [-0.2, -0.15) is 5.10 Å². The number of carbonyl (C=O) groups excluding carboxylic acids is 2. The van der Waals surface area contributed by atoms with Crippen molar-refractivity contribution in [1.29, 1.82) is 0 Å². The molecular formula is C16H26N4O3. The summed E-state index contributed by atoms with van der Waals surface area (Å²) in [6, 6.07) is 1.29. The number of aryl methyl sites for hydroxylation is 2. The molecule has 7 heteroatoms. The van der Waals surface area contributed by atoms with E-state index in [1.807, 2.05) is 26.8 Å². The first-order valence-corrected chi connectivity index (χ1v) is 8.16. The van der Waals surface area contributed by atoms with Crippen molar-refractivity contribution < 1.29 is 14.3 Å². The average molecular weight is 322 g/mol. The van der Waals surface area contributed by atoms with Gasteiger partial charge in [0.25, 0.3) is 0 Å². The number of amides is 2. The number of fused-ring (bicyclic) bond motifs is 1. The molecule has 0 fully saturated rings. The Hall–Kier alpha value is -1.89. The Morgan fingerprint density at radius 3 is 2.87 bits per heavy atom. The van der Waals surface area contributed by atoms with E-state index >= 15 is 0 Å². The van der Waals surface area contributed by atoms with Crippen molar-refractivity contribution in [1.82, 2.24) is 15.1 Å². The molecule has 23 heavy (non-hydrogen) atoms. The van der Waals surface area contributed by atoms with Crippen LogP contribution in [0, 0.1) is 6.92 Å².